The van der Waals surface area contributed by atoms with Crippen LogP contribution in [0.4, 0.5) is 16.2 Å². The third-order valence-corrected chi connectivity index (χ3v) is 5.68. The number of urea groups is 1. The Hall–Kier alpha value is -4.61. The van der Waals surface area contributed by atoms with E-state index in [0.29, 0.717) is 22.6 Å². The SMILES string of the molecule is C[C@]1(c2cccc(-n3cnnn3)c2)NC(=O)N(CC(=O)N2CC(=O)Nc3ccccc32)C1=O. The number of aromatic nitrogens is 4. The normalized spacial score (nSPS) is 19.8. The van der Waals surface area contributed by atoms with Crippen molar-refractivity contribution in [3.8, 4) is 5.69 Å². The first-order chi connectivity index (χ1) is 15.9. The second kappa shape index (κ2) is 7.51. The van der Waals surface area contributed by atoms with Gasteiger partial charge < -0.3 is 10.6 Å². The Balaban J connectivity index is 1.40. The summed E-state index contributed by atoms with van der Waals surface area (Å²) in [6.45, 7) is 0.860. The summed E-state index contributed by atoms with van der Waals surface area (Å²) in [5, 5.41) is 16.4. The Bertz CT molecular complexity index is 1290. The van der Waals surface area contributed by atoms with Crippen LogP contribution in [-0.2, 0) is 19.9 Å². The zero-order chi connectivity index (χ0) is 23.2. The van der Waals surface area contributed by atoms with Gasteiger partial charge in [0.05, 0.1) is 17.1 Å². The van der Waals surface area contributed by atoms with Gasteiger partial charge in [-0.15, -0.1) is 5.10 Å². The number of hydrogen-bond donors (Lipinski definition) is 2. The molecule has 0 saturated carbocycles. The van der Waals surface area contributed by atoms with E-state index in [4.69, 9.17) is 0 Å². The van der Waals surface area contributed by atoms with Crippen LogP contribution in [-0.4, -0.2) is 61.9 Å². The topological polar surface area (TPSA) is 142 Å². The molecular weight excluding hydrogens is 428 g/mol. The summed E-state index contributed by atoms with van der Waals surface area (Å²) in [6.07, 6.45) is 1.41. The van der Waals surface area contributed by atoms with Crippen LogP contribution in [0.15, 0.2) is 54.9 Å². The Labute approximate surface area is 187 Å². The molecule has 3 aromatic rings. The van der Waals surface area contributed by atoms with Crippen LogP contribution < -0.4 is 15.5 Å². The van der Waals surface area contributed by atoms with Crippen LogP contribution in [0, 0.1) is 0 Å². The molecule has 0 spiro atoms. The maximum atomic E-state index is 13.3. The van der Waals surface area contributed by atoms with Gasteiger partial charge in [-0.1, -0.05) is 24.3 Å². The van der Waals surface area contributed by atoms with E-state index in [-0.39, 0.29) is 12.5 Å². The smallest absolute Gasteiger partial charge is 0.323 e. The molecule has 1 aromatic heterocycles. The first-order valence-corrected chi connectivity index (χ1v) is 10.0. The van der Waals surface area contributed by atoms with E-state index in [1.165, 1.54) is 15.9 Å². The first kappa shape index (κ1) is 20.3. The number of nitrogens with zero attached hydrogens (tertiary/aromatic N) is 6. The second-order valence-electron chi connectivity index (χ2n) is 7.80. The minimum absolute atomic E-state index is 0.204. The van der Waals surface area contributed by atoms with Gasteiger partial charge in [0, 0.05) is 0 Å². The minimum Gasteiger partial charge on any atom is -0.323 e. The fraction of sp³-hybridized carbons (Fsp3) is 0.190. The summed E-state index contributed by atoms with van der Waals surface area (Å²) < 4.78 is 1.42. The van der Waals surface area contributed by atoms with E-state index in [1.54, 1.807) is 55.5 Å². The number of carbonyl (C=O) groups is 4. The number of para-hydroxylation sites is 2. The summed E-state index contributed by atoms with van der Waals surface area (Å²) in [4.78, 5) is 53.3. The predicted octanol–water partition coefficient (Wildman–Crippen LogP) is 0.415. The van der Waals surface area contributed by atoms with Gasteiger partial charge in [0.25, 0.3) is 5.91 Å². The maximum Gasteiger partial charge on any atom is 0.325 e. The molecule has 2 N–H and O–H groups in total. The predicted molar refractivity (Wildman–Crippen MR) is 114 cm³/mol. The molecule has 2 aliphatic heterocycles. The zero-order valence-corrected chi connectivity index (χ0v) is 17.4. The number of fused-ring (bicyclic) bond motifs is 1. The van der Waals surface area contributed by atoms with Crippen molar-refractivity contribution >= 4 is 35.1 Å². The third-order valence-electron chi connectivity index (χ3n) is 5.68. The minimum atomic E-state index is -1.39. The Morgan fingerprint density at radius 3 is 2.73 bits per heavy atom. The second-order valence-corrected chi connectivity index (χ2v) is 7.80. The number of amides is 5. The molecule has 0 aliphatic carbocycles. The lowest BCUT2D eigenvalue weighted by Crippen LogP contribution is -2.48. The number of tetrazole rings is 1. The number of anilines is 2. The van der Waals surface area contributed by atoms with E-state index in [1.807, 2.05) is 0 Å². The van der Waals surface area contributed by atoms with Crippen molar-refractivity contribution in [2.45, 2.75) is 12.5 Å². The summed E-state index contributed by atoms with van der Waals surface area (Å²) in [7, 11) is 0. The van der Waals surface area contributed by atoms with Gasteiger partial charge in [-0.05, 0) is 47.2 Å². The quantitative estimate of drug-likeness (QED) is 0.553. The molecule has 12 nitrogen and oxygen atoms in total. The first-order valence-electron chi connectivity index (χ1n) is 10.0. The Morgan fingerprint density at radius 1 is 1.12 bits per heavy atom. The maximum absolute atomic E-state index is 13.3. The third kappa shape index (κ3) is 3.37. The lowest BCUT2D eigenvalue weighted by molar-refractivity contribution is -0.134. The van der Waals surface area contributed by atoms with E-state index >= 15 is 0 Å². The molecule has 1 atom stereocenters. The average molecular weight is 446 g/mol. The number of imide groups is 1. The number of hydrogen-bond acceptors (Lipinski definition) is 7. The van der Waals surface area contributed by atoms with Gasteiger partial charge in [0.2, 0.25) is 11.8 Å². The fourth-order valence-electron chi connectivity index (χ4n) is 3.95. The van der Waals surface area contributed by atoms with Gasteiger partial charge in [0.1, 0.15) is 25.0 Å². The van der Waals surface area contributed by atoms with Crippen molar-refractivity contribution in [3.63, 3.8) is 0 Å². The number of carbonyl (C=O) groups excluding carboxylic acids is 4. The fourth-order valence-corrected chi connectivity index (χ4v) is 3.95. The molecule has 5 amide bonds. The van der Waals surface area contributed by atoms with Crippen molar-refractivity contribution < 1.29 is 19.2 Å². The Morgan fingerprint density at radius 2 is 1.94 bits per heavy atom. The van der Waals surface area contributed by atoms with Crippen molar-refractivity contribution in [2.75, 3.05) is 23.3 Å². The number of rotatable bonds is 4. The zero-order valence-electron chi connectivity index (χ0n) is 17.4. The summed E-state index contributed by atoms with van der Waals surface area (Å²) in [5.74, 6) is -1.49. The highest BCUT2D eigenvalue weighted by Gasteiger charge is 2.50. The lowest BCUT2D eigenvalue weighted by Gasteiger charge is -2.30. The van der Waals surface area contributed by atoms with Gasteiger partial charge in [0.15, 0.2) is 0 Å². The molecule has 5 rings (SSSR count). The van der Waals surface area contributed by atoms with Crippen molar-refractivity contribution in [3.05, 3.63) is 60.4 Å². The van der Waals surface area contributed by atoms with Gasteiger partial charge in [-0.3, -0.25) is 24.2 Å². The van der Waals surface area contributed by atoms with E-state index < -0.39 is 29.9 Å². The van der Waals surface area contributed by atoms with E-state index in [2.05, 4.69) is 26.2 Å². The molecule has 2 aliphatic rings. The molecular formula is C21H18N8O4. The molecule has 1 saturated heterocycles. The molecule has 12 heteroatoms. The molecule has 0 radical (unpaired) electrons. The van der Waals surface area contributed by atoms with Crippen LogP contribution >= 0.6 is 0 Å². The van der Waals surface area contributed by atoms with Gasteiger partial charge >= 0.3 is 6.03 Å². The molecule has 3 heterocycles. The molecule has 33 heavy (non-hydrogen) atoms. The van der Waals surface area contributed by atoms with Crippen LogP contribution in [0.5, 0.6) is 0 Å². The molecule has 166 valence electrons. The molecule has 0 unspecified atom stereocenters. The van der Waals surface area contributed by atoms with Crippen LogP contribution in [0.3, 0.4) is 0 Å². The summed E-state index contributed by atoms with van der Waals surface area (Å²) in [5.41, 5.74) is 0.714. The number of benzene rings is 2. The largest absolute Gasteiger partial charge is 0.325 e. The average Bonchev–Trinajstić information content (AvgIpc) is 3.42. The van der Waals surface area contributed by atoms with Crippen molar-refractivity contribution in [1.29, 1.82) is 0 Å². The molecule has 0 bridgehead atoms. The van der Waals surface area contributed by atoms with Crippen molar-refractivity contribution in [1.82, 2.24) is 30.4 Å². The van der Waals surface area contributed by atoms with Crippen LogP contribution in [0.1, 0.15) is 12.5 Å². The lowest BCUT2D eigenvalue weighted by atomic mass is 9.91. The van der Waals surface area contributed by atoms with E-state index in [9.17, 15) is 19.2 Å². The highest BCUT2D eigenvalue weighted by Crippen LogP contribution is 2.32. The van der Waals surface area contributed by atoms with Gasteiger partial charge in [-0.25, -0.2) is 9.48 Å². The monoisotopic (exact) mass is 446 g/mol. The highest BCUT2D eigenvalue weighted by atomic mass is 16.2. The van der Waals surface area contributed by atoms with Crippen molar-refractivity contribution in [2.24, 2.45) is 0 Å². The highest BCUT2D eigenvalue weighted by molar-refractivity contribution is 6.14. The van der Waals surface area contributed by atoms with Crippen LogP contribution in [0.2, 0.25) is 0 Å². The van der Waals surface area contributed by atoms with Crippen LogP contribution in [0.25, 0.3) is 5.69 Å². The molecule has 1 fully saturated rings. The summed E-state index contributed by atoms with van der Waals surface area (Å²) in [6, 6.07) is 13.0. The Kier molecular flexibility index (Phi) is 4.62. The summed E-state index contributed by atoms with van der Waals surface area (Å²) >= 11 is 0. The van der Waals surface area contributed by atoms with Gasteiger partial charge in [-0.2, -0.15) is 0 Å². The number of nitrogens with one attached hydrogen (secondary N) is 2. The molecule has 2 aromatic carbocycles. The van der Waals surface area contributed by atoms with E-state index in [0.717, 1.165) is 4.90 Å². The standard InChI is InChI=1S/C21H18N8O4/c1-21(13-5-4-6-14(9-13)29-12-22-25-26-29)19(32)28(20(33)24-21)11-18(31)27-10-17(30)23-15-7-2-3-8-16(15)27/h2-9,12H,10-11H2,1H3,(H,23,30)(H,24,33)/t21-/m1/s1.